The second kappa shape index (κ2) is 5.73. The minimum absolute atomic E-state index is 0.0264. The van der Waals surface area contributed by atoms with Crippen molar-refractivity contribution in [3.05, 3.63) is 65.9 Å². The molecule has 0 spiro atoms. The van der Waals surface area contributed by atoms with Crippen LogP contribution in [-0.4, -0.2) is 21.2 Å². The molecule has 0 saturated heterocycles. The number of benzene rings is 2. The summed E-state index contributed by atoms with van der Waals surface area (Å²) < 4.78 is 5.53. The highest BCUT2D eigenvalue weighted by Gasteiger charge is 2.08. The van der Waals surface area contributed by atoms with E-state index in [1.54, 1.807) is 0 Å². The number of aromatic nitrogens is 1. The fourth-order valence-electron chi connectivity index (χ4n) is 2.14. The summed E-state index contributed by atoms with van der Waals surface area (Å²) in [4.78, 5) is 15.4. The summed E-state index contributed by atoms with van der Waals surface area (Å²) in [6.07, 6.45) is 0. The molecule has 2 aromatic carbocycles. The fraction of sp³-hybridized carbons (Fsp3) is 0.0588. The molecule has 1 aromatic heterocycles. The fourth-order valence-corrected chi connectivity index (χ4v) is 2.14. The van der Waals surface area contributed by atoms with Crippen molar-refractivity contribution < 1.29 is 19.7 Å². The van der Waals surface area contributed by atoms with Gasteiger partial charge in [0, 0.05) is 11.5 Å². The zero-order valence-electron chi connectivity index (χ0n) is 11.6. The van der Waals surface area contributed by atoms with Crippen molar-refractivity contribution >= 4 is 16.9 Å². The van der Waals surface area contributed by atoms with Gasteiger partial charge in [-0.2, -0.15) is 0 Å². The van der Waals surface area contributed by atoms with Gasteiger partial charge in [0.1, 0.15) is 18.1 Å². The number of aromatic hydroxyl groups is 1. The van der Waals surface area contributed by atoms with E-state index in [4.69, 9.17) is 9.84 Å². The molecule has 2 N–H and O–H groups in total. The van der Waals surface area contributed by atoms with Crippen molar-refractivity contribution in [1.29, 1.82) is 0 Å². The summed E-state index contributed by atoms with van der Waals surface area (Å²) in [5, 5.41) is 19.5. The zero-order valence-corrected chi connectivity index (χ0v) is 11.6. The lowest BCUT2D eigenvalue weighted by Gasteiger charge is -2.08. The molecule has 0 atom stereocenters. The lowest BCUT2D eigenvalue weighted by atomic mass is 10.2. The van der Waals surface area contributed by atoms with Crippen molar-refractivity contribution in [3.8, 4) is 11.5 Å². The predicted octanol–water partition coefficient (Wildman–Crippen LogP) is 3.22. The Balaban J connectivity index is 1.80. The standard InChI is InChI=1S/C17H13NO4/c19-14-7-12(17(20)21)8-15(9-14)22-10-13-6-5-11-3-1-2-4-16(11)18-13/h1-9,19H,10H2,(H,20,21). The Hall–Kier alpha value is -3.08. The monoisotopic (exact) mass is 295 g/mol. The number of aromatic carboxylic acids is 1. The highest BCUT2D eigenvalue weighted by atomic mass is 16.5. The number of ether oxygens (including phenoxy) is 1. The Kier molecular flexibility index (Phi) is 3.62. The maximum absolute atomic E-state index is 10.9. The molecule has 22 heavy (non-hydrogen) atoms. The number of pyridine rings is 1. The first-order valence-corrected chi connectivity index (χ1v) is 6.66. The van der Waals surface area contributed by atoms with Gasteiger partial charge in [0.05, 0.1) is 16.8 Å². The van der Waals surface area contributed by atoms with Gasteiger partial charge in [-0.25, -0.2) is 9.78 Å². The van der Waals surface area contributed by atoms with Gasteiger partial charge in [-0.1, -0.05) is 24.3 Å². The van der Waals surface area contributed by atoms with E-state index >= 15 is 0 Å². The van der Waals surface area contributed by atoms with Gasteiger partial charge in [0.2, 0.25) is 0 Å². The lowest BCUT2D eigenvalue weighted by Crippen LogP contribution is -2.01. The molecule has 1 heterocycles. The maximum Gasteiger partial charge on any atom is 0.335 e. The number of fused-ring (bicyclic) bond motifs is 1. The molecule has 0 aliphatic carbocycles. The molecule has 3 rings (SSSR count). The Morgan fingerprint density at radius 3 is 2.73 bits per heavy atom. The number of phenols is 1. The van der Waals surface area contributed by atoms with Crippen LogP contribution < -0.4 is 4.74 Å². The number of hydrogen-bond donors (Lipinski definition) is 2. The number of nitrogens with zero attached hydrogens (tertiary/aromatic N) is 1. The van der Waals surface area contributed by atoms with Crippen LogP contribution in [0.3, 0.4) is 0 Å². The SMILES string of the molecule is O=C(O)c1cc(O)cc(OCc2ccc3ccccc3n2)c1. The highest BCUT2D eigenvalue weighted by Crippen LogP contribution is 2.23. The van der Waals surface area contributed by atoms with Crippen LogP contribution >= 0.6 is 0 Å². The van der Waals surface area contributed by atoms with Crippen LogP contribution in [0.4, 0.5) is 0 Å². The molecular weight excluding hydrogens is 282 g/mol. The minimum Gasteiger partial charge on any atom is -0.508 e. The Labute approximate surface area is 126 Å². The van der Waals surface area contributed by atoms with Crippen LogP contribution in [0.1, 0.15) is 16.1 Å². The molecule has 0 amide bonds. The average molecular weight is 295 g/mol. The topological polar surface area (TPSA) is 79.7 Å². The molecule has 5 nitrogen and oxygen atoms in total. The van der Waals surface area contributed by atoms with Gasteiger partial charge in [-0.05, 0) is 24.3 Å². The Morgan fingerprint density at radius 2 is 1.91 bits per heavy atom. The van der Waals surface area contributed by atoms with E-state index in [2.05, 4.69) is 4.98 Å². The molecule has 0 bridgehead atoms. The van der Waals surface area contributed by atoms with Crippen molar-refractivity contribution in [3.63, 3.8) is 0 Å². The van der Waals surface area contributed by atoms with Gasteiger partial charge in [0.15, 0.2) is 0 Å². The van der Waals surface area contributed by atoms with Crippen molar-refractivity contribution in [2.75, 3.05) is 0 Å². The van der Waals surface area contributed by atoms with E-state index in [0.29, 0.717) is 0 Å². The van der Waals surface area contributed by atoms with Gasteiger partial charge >= 0.3 is 5.97 Å². The summed E-state index contributed by atoms with van der Waals surface area (Å²) in [6.45, 7) is 0.188. The highest BCUT2D eigenvalue weighted by molar-refractivity contribution is 5.88. The van der Waals surface area contributed by atoms with E-state index in [1.807, 2.05) is 36.4 Å². The van der Waals surface area contributed by atoms with Crippen LogP contribution in [0.25, 0.3) is 10.9 Å². The van der Waals surface area contributed by atoms with Gasteiger partial charge in [0.25, 0.3) is 0 Å². The molecule has 3 aromatic rings. The lowest BCUT2D eigenvalue weighted by molar-refractivity contribution is 0.0696. The first-order valence-electron chi connectivity index (χ1n) is 6.66. The smallest absolute Gasteiger partial charge is 0.335 e. The molecule has 0 radical (unpaired) electrons. The van der Waals surface area contributed by atoms with E-state index in [1.165, 1.54) is 18.2 Å². The van der Waals surface area contributed by atoms with Gasteiger partial charge in [-0.3, -0.25) is 0 Å². The van der Waals surface area contributed by atoms with Gasteiger partial charge in [-0.15, -0.1) is 0 Å². The molecule has 0 saturated carbocycles. The number of carboxylic acids is 1. The molecule has 110 valence electrons. The minimum atomic E-state index is -1.12. The number of rotatable bonds is 4. The van der Waals surface area contributed by atoms with Crippen molar-refractivity contribution in [1.82, 2.24) is 4.98 Å². The van der Waals surface area contributed by atoms with Crippen LogP contribution in [-0.2, 0) is 6.61 Å². The summed E-state index contributed by atoms with van der Waals surface area (Å²) in [7, 11) is 0. The normalized spacial score (nSPS) is 10.5. The third-order valence-electron chi connectivity index (χ3n) is 3.18. The average Bonchev–Trinajstić information content (AvgIpc) is 2.52. The molecule has 5 heteroatoms. The van der Waals surface area contributed by atoms with Crippen LogP contribution in [0.15, 0.2) is 54.6 Å². The van der Waals surface area contributed by atoms with E-state index in [0.717, 1.165) is 16.6 Å². The van der Waals surface area contributed by atoms with E-state index < -0.39 is 5.97 Å². The second-order valence-corrected chi connectivity index (χ2v) is 4.80. The van der Waals surface area contributed by atoms with Crippen LogP contribution in [0.2, 0.25) is 0 Å². The Morgan fingerprint density at radius 1 is 1.09 bits per heavy atom. The van der Waals surface area contributed by atoms with E-state index in [-0.39, 0.29) is 23.7 Å². The number of hydrogen-bond acceptors (Lipinski definition) is 4. The first-order chi connectivity index (χ1) is 10.6. The second-order valence-electron chi connectivity index (χ2n) is 4.80. The van der Waals surface area contributed by atoms with Crippen LogP contribution in [0, 0.1) is 0 Å². The number of carboxylic acid groups (broad SMARTS) is 1. The van der Waals surface area contributed by atoms with E-state index in [9.17, 15) is 9.90 Å². The van der Waals surface area contributed by atoms with Crippen molar-refractivity contribution in [2.24, 2.45) is 0 Å². The predicted molar refractivity (Wildman–Crippen MR) is 81.1 cm³/mol. The number of phenolic OH excluding ortho intramolecular Hbond substituents is 1. The Bertz CT molecular complexity index is 845. The maximum atomic E-state index is 10.9. The summed E-state index contributed by atoms with van der Waals surface area (Å²) in [5.74, 6) is -0.988. The molecule has 0 aliphatic rings. The first kappa shape index (κ1) is 13.9. The molecule has 0 fully saturated rings. The van der Waals surface area contributed by atoms with Crippen molar-refractivity contribution in [2.45, 2.75) is 6.61 Å². The third-order valence-corrected chi connectivity index (χ3v) is 3.18. The largest absolute Gasteiger partial charge is 0.508 e. The quantitative estimate of drug-likeness (QED) is 0.772. The number of para-hydroxylation sites is 1. The zero-order chi connectivity index (χ0) is 15.5. The molecule has 0 aliphatic heterocycles. The van der Waals surface area contributed by atoms with Gasteiger partial charge < -0.3 is 14.9 Å². The molecular formula is C17H13NO4. The summed E-state index contributed by atoms with van der Waals surface area (Å²) in [5.41, 5.74) is 1.56. The summed E-state index contributed by atoms with van der Waals surface area (Å²) >= 11 is 0. The molecule has 0 unspecified atom stereocenters. The van der Waals surface area contributed by atoms with Crippen LogP contribution in [0.5, 0.6) is 11.5 Å². The third kappa shape index (κ3) is 2.98. The summed E-state index contributed by atoms with van der Waals surface area (Å²) in [6, 6.07) is 15.4. The number of carbonyl (C=O) groups is 1.